The molecule has 0 radical (unpaired) electrons. The summed E-state index contributed by atoms with van der Waals surface area (Å²) in [5.74, 6) is 2.06. The van der Waals surface area contributed by atoms with E-state index in [-0.39, 0.29) is 0 Å². The van der Waals surface area contributed by atoms with E-state index in [9.17, 15) is 0 Å². The average molecular weight is 328 g/mol. The Morgan fingerprint density at radius 1 is 0.750 bits per heavy atom. The summed E-state index contributed by atoms with van der Waals surface area (Å²) in [6, 6.07) is 8.62. The van der Waals surface area contributed by atoms with Crippen LogP contribution in [0.3, 0.4) is 0 Å². The van der Waals surface area contributed by atoms with Crippen molar-refractivity contribution >= 4 is 0 Å². The number of methoxy groups -OCH3 is 2. The minimum Gasteiger partial charge on any atom is -0.496 e. The quantitative estimate of drug-likeness (QED) is 0.711. The van der Waals surface area contributed by atoms with E-state index in [2.05, 4.69) is 65.8 Å². The lowest BCUT2D eigenvalue weighted by atomic mass is 10.0. The highest BCUT2D eigenvalue weighted by atomic mass is 16.5. The summed E-state index contributed by atoms with van der Waals surface area (Å²) in [6.07, 6.45) is 2.10. The van der Waals surface area contributed by atoms with Gasteiger partial charge in [-0.1, -0.05) is 32.0 Å². The van der Waals surface area contributed by atoms with Crippen LogP contribution in [-0.2, 0) is 12.8 Å². The largest absolute Gasteiger partial charge is 0.496 e. The van der Waals surface area contributed by atoms with Crippen molar-refractivity contribution < 1.29 is 9.47 Å². The van der Waals surface area contributed by atoms with Gasteiger partial charge < -0.3 is 9.47 Å². The van der Waals surface area contributed by atoms with Crippen LogP contribution in [0.1, 0.15) is 47.2 Å². The molecule has 0 amide bonds. The maximum absolute atomic E-state index is 5.35. The van der Waals surface area contributed by atoms with Gasteiger partial charge >= 0.3 is 0 Å². The van der Waals surface area contributed by atoms with Crippen LogP contribution in [0.2, 0.25) is 0 Å². The van der Waals surface area contributed by atoms with Crippen molar-refractivity contribution in [3.8, 4) is 11.5 Å². The van der Waals surface area contributed by atoms with E-state index in [1.807, 2.05) is 0 Å². The molecular formula is C22H32O2. The topological polar surface area (TPSA) is 18.5 Å². The molecule has 0 saturated carbocycles. The summed E-state index contributed by atoms with van der Waals surface area (Å²) in [7, 11) is 3.46. The Kier molecular flexibility index (Phi) is 7.84. The van der Waals surface area contributed by atoms with Crippen LogP contribution < -0.4 is 9.47 Å². The standard InChI is InChI=1S/2C11H16O/c1-5-10-6-8(2)9(3)11(7-10)12-4;1-5-10-7-6-8(2)9(3)11(10)12-4/h2*6-7H,5H2,1-4H3. The summed E-state index contributed by atoms with van der Waals surface area (Å²) in [6.45, 7) is 12.7. The molecular weight excluding hydrogens is 296 g/mol. The Bertz CT molecular complexity index is 672. The highest BCUT2D eigenvalue weighted by molar-refractivity contribution is 5.45. The minimum absolute atomic E-state index is 1.01. The maximum atomic E-state index is 5.35. The highest BCUT2D eigenvalue weighted by Gasteiger charge is 2.05. The highest BCUT2D eigenvalue weighted by Crippen LogP contribution is 2.26. The van der Waals surface area contributed by atoms with E-state index in [1.165, 1.54) is 33.4 Å². The molecule has 0 saturated heterocycles. The molecule has 132 valence electrons. The molecule has 2 nitrogen and oxygen atoms in total. The summed E-state index contributed by atoms with van der Waals surface area (Å²) in [4.78, 5) is 0. The Labute approximate surface area is 147 Å². The van der Waals surface area contributed by atoms with Crippen LogP contribution in [0.25, 0.3) is 0 Å². The fourth-order valence-corrected chi connectivity index (χ4v) is 2.72. The molecule has 2 heteroatoms. The van der Waals surface area contributed by atoms with Gasteiger partial charge in [0.15, 0.2) is 0 Å². The van der Waals surface area contributed by atoms with Crippen molar-refractivity contribution in [3.05, 3.63) is 57.6 Å². The molecule has 2 rings (SSSR count). The molecule has 0 atom stereocenters. The lowest BCUT2D eigenvalue weighted by Crippen LogP contribution is -1.95. The molecule has 0 spiro atoms. The Hall–Kier alpha value is -1.96. The van der Waals surface area contributed by atoms with Crippen molar-refractivity contribution in [3.63, 3.8) is 0 Å². The van der Waals surface area contributed by atoms with Gasteiger partial charge in [-0.15, -0.1) is 0 Å². The molecule has 0 N–H and O–H groups in total. The van der Waals surface area contributed by atoms with Crippen LogP contribution in [0, 0.1) is 27.7 Å². The maximum Gasteiger partial charge on any atom is 0.125 e. The van der Waals surface area contributed by atoms with Crippen molar-refractivity contribution in [2.75, 3.05) is 14.2 Å². The van der Waals surface area contributed by atoms with Gasteiger partial charge in [-0.25, -0.2) is 0 Å². The summed E-state index contributed by atoms with van der Waals surface area (Å²) >= 11 is 0. The molecule has 2 aromatic rings. The van der Waals surface area contributed by atoms with Crippen molar-refractivity contribution in [1.29, 1.82) is 0 Å². The van der Waals surface area contributed by atoms with Gasteiger partial charge in [0, 0.05) is 0 Å². The normalized spacial score (nSPS) is 10.0. The van der Waals surface area contributed by atoms with Gasteiger partial charge in [-0.05, 0) is 80.0 Å². The van der Waals surface area contributed by atoms with Crippen LogP contribution >= 0.6 is 0 Å². The zero-order chi connectivity index (χ0) is 18.3. The van der Waals surface area contributed by atoms with Crippen molar-refractivity contribution in [2.45, 2.75) is 54.4 Å². The van der Waals surface area contributed by atoms with Gasteiger partial charge in [0.05, 0.1) is 14.2 Å². The second kappa shape index (κ2) is 9.36. The molecule has 0 bridgehead atoms. The molecule has 0 fully saturated rings. The third-order valence-corrected chi connectivity index (χ3v) is 4.65. The Morgan fingerprint density at radius 2 is 1.42 bits per heavy atom. The summed E-state index contributed by atoms with van der Waals surface area (Å²) in [5.41, 5.74) is 7.75. The first-order chi connectivity index (χ1) is 11.4. The fraction of sp³-hybridized carbons (Fsp3) is 0.455. The van der Waals surface area contributed by atoms with Gasteiger partial charge in [0.2, 0.25) is 0 Å². The van der Waals surface area contributed by atoms with Crippen LogP contribution in [0.5, 0.6) is 11.5 Å². The van der Waals surface area contributed by atoms with E-state index in [1.54, 1.807) is 14.2 Å². The van der Waals surface area contributed by atoms with Gasteiger partial charge in [0.25, 0.3) is 0 Å². The second-order valence-electron chi connectivity index (χ2n) is 6.15. The first-order valence-corrected chi connectivity index (χ1v) is 8.66. The van der Waals surface area contributed by atoms with E-state index in [0.717, 1.165) is 24.3 Å². The second-order valence-corrected chi connectivity index (χ2v) is 6.15. The van der Waals surface area contributed by atoms with E-state index in [0.29, 0.717) is 0 Å². The zero-order valence-electron chi connectivity index (χ0n) is 16.5. The SMILES string of the molecule is CCc1cc(C)c(C)c(OC)c1.CCc1ccc(C)c(C)c1OC. The Morgan fingerprint density at radius 3 is 1.92 bits per heavy atom. The molecule has 0 aliphatic heterocycles. The predicted octanol–water partition coefficient (Wildman–Crippen LogP) is 5.75. The summed E-state index contributed by atoms with van der Waals surface area (Å²) in [5, 5.41) is 0. The number of hydrogen-bond acceptors (Lipinski definition) is 2. The zero-order valence-corrected chi connectivity index (χ0v) is 16.5. The van der Waals surface area contributed by atoms with Gasteiger partial charge in [-0.3, -0.25) is 0 Å². The predicted molar refractivity (Wildman–Crippen MR) is 104 cm³/mol. The van der Waals surface area contributed by atoms with Crippen LogP contribution in [0.4, 0.5) is 0 Å². The molecule has 24 heavy (non-hydrogen) atoms. The first-order valence-electron chi connectivity index (χ1n) is 8.66. The molecule has 2 aromatic carbocycles. The lowest BCUT2D eigenvalue weighted by molar-refractivity contribution is 0.406. The van der Waals surface area contributed by atoms with Crippen LogP contribution in [-0.4, -0.2) is 14.2 Å². The monoisotopic (exact) mass is 328 g/mol. The Balaban J connectivity index is 0.000000240. The molecule has 0 heterocycles. The van der Waals surface area contributed by atoms with E-state index < -0.39 is 0 Å². The van der Waals surface area contributed by atoms with Crippen molar-refractivity contribution in [2.24, 2.45) is 0 Å². The fourth-order valence-electron chi connectivity index (χ4n) is 2.72. The van der Waals surface area contributed by atoms with Crippen molar-refractivity contribution in [1.82, 2.24) is 0 Å². The van der Waals surface area contributed by atoms with E-state index >= 15 is 0 Å². The average Bonchev–Trinajstić information content (AvgIpc) is 2.59. The summed E-state index contributed by atoms with van der Waals surface area (Å²) < 4.78 is 10.6. The number of rotatable bonds is 4. The van der Waals surface area contributed by atoms with Gasteiger partial charge in [0.1, 0.15) is 11.5 Å². The van der Waals surface area contributed by atoms with Crippen LogP contribution in [0.15, 0.2) is 24.3 Å². The third kappa shape index (κ3) is 4.77. The first kappa shape index (κ1) is 20.1. The molecule has 0 aromatic heterocycles. The third-order valence-electron chi connectivity index (χ3n) is 4.65. The minimum atomic E-state index is 1.01. The number of aryl methyl sites for hydroxylation is 4. The number of hydrogen-bond donors (Lipinski definition) is 0. The molecule has 0 aliphatic carbocycles. The molecule has 0 aliphatic rings. The number of ether oxygens (including phenoxy) is 2. The number of benzene rings is 2. The van der Waals surface area contributed by atoms with E-state index in [4.69, 9.17) is 9.47 Å². The smallest absolute Gasteiger partial charge is 0.125 e. The lowest BCUT2D eigenvalue weighted by Gasteiger charge is -2.11. The van der Waals surface area contributed by atoms with Gasteiger partial charge in [-0.2, -0.15) is 0 Å². The molecule has 0 unspecified atom stereocenters.